The Bertz CT molecular complexity index is 909. The molecule has 0 aliphatic heterocycles. The first-order chi connectivity index (χ1) is 12.1. The molecular weight excluding hydrogens is 380 g/mol. The van der Waals surface area contributed by atoms with Crippen molar-refractivity contribution in [2.24, 2.45) is 0 Å². The van der Waals surface area contributed by atoms with Gasteiger partial charge in [-0.15, -0.1) is 21.5 Å². The fourth-order valence-corrected chi connectivity index (χ4v) is 3.43. The number of aryl methyl sites for hydroxylation is 1. The van der Waals surface area contributed by atoms with E-state index >= 15 is 0 Å². The lowest BCUT2D eigenvalue weighted by molar-refractivity contribution is 0.101. The van der Waals surface area contributed by atoms with E-state index in [0.29, 0.717) is 26.3 Å². The summed E-state index contributed by atoms with van der Waals surface area (Å²) in [6.07, 6.45) is 0.757. The third-order valence-corrected chi connectivity index (χ3v) is 5.39. The maximum atomic E-state index is 12.4. The van der Waals surface area contributed by atoms with Gasteiger partial charge in [-0.05, 0) is 36.1 Å². The van der Waals surface area contributed by atoms with Gasteiger partial charge in [0.25, 0.3) is 11.8 Å². The summed E-state index contributed by atoms with van der Waals surface area (Å²) in [6, 6.07) is 8.19. The van der Waals surface area contributed by atoms with Gasteiger partial charge in [-0.2, -0.15) is 0 Å². The number of carbonyl (C=O) groups is 2. The Morgan fingerprint density at radius 1 is 1.16 bits per heavy atom. The molecule has 1 aromatic carbocycles. The van der Waals surface area contributed by atoms with Crippen LogP contribution in [0.5, 0.6) is 0 Å². The molecule has 6 nitrogen and oxygen atoms in total. The lowest BCUT2D eigenvalue weighted by Gasteiger charge is -2.08. The lowest BCUT2D eigenvalue weighted by atomic mass is 10.2. The summed E-state index contributed by atoms with van der Waals surface area (Å²) in [5, 5.41) is 16.7. The second-order valence-electron chi connectivity index (χ2n) is 4.93. The van der Waals surface area contributed by atoms with Crippen molar-refractivity contribution in [3.63, 3.8) is 0 Å². The first-order valence-electron chi connectivity index (χ1n) is 7.35. The van der Waals surface area contributed by atoms with Crippen LogP contribution in [0.3, 0.4) is 0 Å². The Kier molecular flexibility index (Phi) is 5.42. The van der Waals surface area contributed by atoms with Gasteiger partial charge in [-0.3, -0.25) is 14.9 Å². The molecule has 2 amide bonds. The molecule has 0 aliphatic rings. The molecule has 0 spiro atoms. The van der Waals surface area contributed by atoms with Crippen LogP contribution in [0.4, 0.5) is 10.8 Å². The van der Waals surface area contributed by atoms with E-state index in [1.54, 1.807) is 24.3 Å². The highest BCUT2D eigenvalue weighted by Crippen LogP contribution is 2.25. The van der Waals surface area contributed by atoms with Crippen LogP contribution in [0, 0.1) is 0 Å². The Morgan fingerprint density at radius 3 is 2.68 bits per heavy atom. The fourth-order valence-electron chi connectivity index (χ4n) is 1.97. The highest BCUT2D eigenvalue weighted by Gasteiger charge is 2.14. The van der Waals surface area contributed by atoms with Gasteiger partial charge >= 0.3 is 0 Å². The molecule has 0 saturated carbocycles. The number of benzene rings is 1. The van der Waals surface area contributed by atoms with Crippen LogP contribution in [0.15, 0.2) is 35.7 Å². The number of anilines is 2. The van der Waals surface area contributed by atoms with Gasteiger partial charge < -0.3 is 5.32 Å². The summed E-state index contributed by atoms with van der Waals surface area (Å²) in [4.78, 5) is 25.1. The van der Waals surface area contributed by atoms with E-state index in [1.807, 2.05) is 12.3 Å². The summed E-state index contributed by atoms with van der Waals surface area (Å²) < 4.78 is 0. The van der Waals surface area contributed by atoms with Crippen LogP contribution in [0.1, 0.15) is 32.0 Å². The lowest BCUT2D eigenvalue weighted by Crippen LogP contribution is -2.14. The van der Waals surface area contributed by atoms with Gasteiger partial charge in [0.15, 0.2) is 0 Å². The summed E-state index contributed by atoms with van der Waals surface area (Å²) in [6.45, 7) is 1.97. The van der Waals surface area contributed by atoms with Gasteiger partial charge in [0.05, 0.1) is 15.6 Å². The maximum absolute atomic E-state index is 12.4. The molecular formula is C16H13ClN4O2S2. The molecule has 2 heterocycles. The number of amides is 2. The highest BCUT2D eigenvalue weighted by molar-refractivity contribution is 7.15. The molecule has 3 rings (SSSR count). The van der Waals surface area contributed by atoms with Crippen molar-refractivity contribution in [3.8, 4) is 0 Å². The third kappa shape index (κ3) is 4.22. The van der Waals surface area contributed by atoms with E-state index in [2.05, 4.69) is 20.8 Å². The van der Waals surface area contributed by atoms with E-state index in [-0.39, 0.29) is 11.8 Å². The van der Waals surface area contributed by atoms with Crippen LogP contribution in [-0.2, 0) is 6.42 Å². The number of hydrogen-bond donors (Lipinski definition) is 2. The van der Waals surface area contributed by atoms with Gasteiger partial charge in [-0.25, -0.2) is 0 Å². The largest absolute Gasteiger partial charge is 0.320 e. The zero-order chi connectivity index (χ0) is 17.8. The first kappa shape index (κ1) is 17.5. The van der Waals surface area contributed by atoms with Crippen molar-refractivity contribution in [1.29, 1.82) is 0 Å². The molecule has 0 unspecified atom stereocenters. The Labute approximate surface area is 156 Å². The van der Waals surface area contributed by atoms with Crippen molar-refractivity contribution in [2.75, 3.05) is 10.6 Å². The zero-order valence-electron chi connectivity index (χ0n) is 13.1. The number of nitrogens with zero attached hydrogens (tertiary/aromatic N) is 2. The van der Waals surface area contributed by atoms with E-state index < -0.39 is 0 Å². The predicted molar refractivity (Wildman–Crippen MR) is 101 cm³/mol. The van der Waals surface area contributed by atoms with Crippen LogP contribution in [0.2, 0.25) is 5.02 Å². The van der Waals surface area contributed by atoms with Crippen LogP contribution < -0.4 is 10.6 Å². The zero-order valence-corrected chi connectivity index (χ0v) is 15.5. The number of thiophene rings is 1. The van der Waals surface area contributed by atoms with Gasteiger partial charge in [0, 0.05) is 5.56 Å². The number of nitrogens with one attached hydrogen (secondary N) is 2. The molecule has 128 valence electrons. The van der Waals surface area contributed by atoms with Gasteiger partial charge in [-0.1, -0.05) is 35.9 Å². The fraction of sp³-hybridized carbons (Fsp3) is 0.125. The summed E-state index contributed by atoms with van der Waals surface area (Å²) in [7, 11) is 0. The quantitative estimate of drug-likeness (QED) is 0.677. The minimum atomic E-state index is -0.345. The van der Waals surface area contributed by atoms with Crippen molar-refractivity contribution in [3.05, 3.63) is 56.2 Å². The maximum Gasteiger partial charge on any atom is 0.265 e. The molecule has 0 saturated heterocycles. The molecule has 0 atom stereocenters. The summed E-state index contributed by atoms with van der Waals surface area (Å²) in [5.41, 5.74) is 0.735. The number of aromatic nitrogens is 2. The normalized spacial score (nSPS) is 10.5. The average Bonchev–Trinajstić information content (AvgIpc) is 3.28. The number of hydrogen-bond acceptors (Lipinski definition) is 6. The predicted octanol–water partition coefficient (Wildman–Crippen LogP) is 4.32. The number of halogens is 1. The molecule has 2 N–H and O–H groups in total. The van der Waals surface area contributed by atoms with Crippen LogP contribution in [-0.4, -0.2) is 22.0 Å². The van der Waals surface area contributed by atoms with E-state index in [4.69, 9.17) is 11.6 Å². The third-order valence-electron chi connectivity index (χ3n) is 3.21. The first-order valence-corrected chi connectivity index (χ1v) is 9.42. The molecule has 25 heavy (non-hydrogen) atoms. The van der Waals surface area contributed by atoms with E-state index in [0.717, 1.165) is 11.4 Å². The number of carbonyl (C=O) groups excluding carboxylic acids is 2. The van der Waals surface area contributed by atoms with E-state index in [1.165, 1.54) is 28.7 Å². The Balaban J connectivity index is 1.76. The highest BCUT2D eigenvalue weighted by atomic mass is 35.5. The van der Waals surface area contributed by atoms with Crippen LogP contribution in [0.25, 0.3) is 0 Å². The van der Waals surface area contributed by atoms with Crippen LogP contribution >= 0.6 is 34.3 Å². The molecule has 0 aliphatic carbocycles. The molecule has 0 fully saturated rings. The molecule has 0 radical (unpaired) electrons. The Morgan fingerprint density at radius 2 is 2.00 bits per heavy atom. The summed E-state index contributed by atoms with van der Waals surface area (Å²) >= 11 is 8.77. The standard InChI is InChI=1S/C16H13ClN4O2S2/c1-2-13-20-21-16(25-13)19-14(22)9-5-6-10(17)11(8-9)18-15(23)12-4-3-7-24-12/h3-8H,2H2,1H3,(H,18,23)(H,19,21,22). The van der Waals surface area contributed by atoms with E-state index in [9.17, 15) is 9.59 Å². The molecule has 9 heteroatoms. The minimum absolute atomic E-state index is 0.272. The van der Waals surface area contributed by atoms with Crippen molar-refractivity contribution in [2.45, 2.75) is 13.3 Å². The SMILES string of the molecule is CCc1nnc(NC(=O)c2ccc(Cl)c(NC(=O)c3cccs3)c2)s1. The number of rotatable bonds is 5. The van der Waals surface area contributed by atoms with Crippen molar-refractivity contribution in [1.82, 2.24) is 10.2 Å². The molecule has 3 aromatic rings. The molecule has 2 aromatic heterocycles. The smallest absolute Gasteiger partial charge is 0.265 e. The summed E-state index contributed by atoms with van der Waals surface area (Å²) in [5.74, 6) is -0.617. The van der Waals surface area contributed by atoms with Crippen molar-refractivity contribution >= 4 is 56.9 Å². The second kappa shape index (κ2) is 7.73. The van der Waals surface area contributed by atoms with Crippen molar-refractivity contribution < 1.29 is 9.59 Å². The topological polar surface area (TPSA) is 84.0 Å². The minimum Gasteiger partial charge on any atom is -0.320 e. The molecule has 0 bridgehead atoms. The van der Waals surface area contributed by atoms with Gasteiger partial charge in [0.2, 0.25) is 5.13 Å². The van der Waals surface area contributed by atoms with Gasteiger partial charge in [0.1, 0.15) is 5.01 Å². The monoisotopic (exact) mass is 392 g/mol. The average molecular weight is 393 g/mol. The Hall–Kier alpha value is -2.29. The second-order valence-corrected chi connectivity index (χ2v) is 7.35.